The van der Waals surface area contributed by atoms with Gasteiger partial charge in [-0.05, 0) is 37.5 Å². The third kappa shape index (κ3) is 6.67. The Morgan fingerprint density at radius 3 is 2.27 bits per heavy atom. The number of rotatable bonds is 7. The molecule has 1 saturated heterocycles. The third-order valence-corrected chi connectivity index (χ3v) is 4.10. The highest BCUT2D eigenvalue weighted by molar-refractivity contribution is 5.74. The van der Waals surface area contributed by atoms with Crippen LogP contribution in [0.25, 0.3) is 0 Å². The molecular formula is C17H32N2O3. The van der Waals surface area contributed by atoms with E-state index in [1.165, 1.54) is 6.42 Å². The molecule has 22 heavy (non-hydrogen) atoms. The van der Waals surface area contributed by atoms with Crippen LogP contribution in [0.2, 0.25) is 0 Å². The van der Waals surface area contributed by atoms with Crippen LogP contribution < -0.4 is 5.32 Å². The topological polar surface area (TPSA) is 58.6 Å². The van der Waals surface area contributed by atoms with Gasteiger partial charge in [-0.3, -0.25) is 4.79 Å². The highest BCUT2D eigenvalue weighted by atomic mass is 16.5. The maximum absolute atomic E-state index is 12.1. The summed E-state index contributed by atoms with van der Waals surface area (Å²) in [6.07, 6.45) is 4.20. The number of amides is 2. The Labute approximate surface area is 134 Å². The molecule has 1 aliphatic heterocycles. The molecule has 0 bridgehead atoms. The summed E-state index contributed by atoms with van der Waals surface area (Å²) in [4.78, 5) is 25.9. The predicted octanol–water partition coefficient (Wildman–Crippen LogP) is 3.04. The molecule has 5 heteroatoms. The number of hydrogen-bond acceptors (Lipinski definition) is 3. The van der Waals surface area contributed by atoms with Crippen molar-refractivity contribution in [3.05, 3.63) is 0 Å². The van der Waals surface area contributed by atoms with Crippen LogP contribution >= 0.6 is 0 Å². The van der Waals surface area contributed by atoms with Gasteiger partial charge in [0.25, 0.3) is 0 Å². The average Bonchev–Trinajstić information content (AvgIpc) is 2.49. The highest BCUT2D eigenvalue weighted by Gasteiger charge is 2.24. The number of hydrogen-bond donors (Lipinski definition) is 1. The Kier molecular flexibility index (Phi) is 8.28. The van der Waals surface area contributed by atoms with Crippen molar-refractivity contribution in [2.24, 2.45) is 17.8 Å². The van der Waals surface area contributed by atoms with Crippen LogP contribution in [0.4, 0.5) is 4.79 Å². The summed E-state index contributed by atoms with van der Waals surface area (Å²) < 4.78 is 5.33. The number of likely N-dealkylation sites (tertiary alicyclic amines) is 1. The summed E-state index contributed by atoms with van der Waals surface area (Å²) in [6, 6.07) is -0.0432. The van der Waals surface area contributed by atoms with E-state index in [9.17, 15) is 9.59 Å². The molecule has 1 heterocycles. The lowest BCUT2D eigenvalue weighted by molar-refractivity contribution is -0.150. The summed E-state index contributed by atoms with van der Waals surface area (Å²) in [6.45, 7) is 10.6. The van der Waals surface area contributed by atoms with Crippen molar-refractivity contribution in [2.45, 2.75) is 53.4 Å². The summed E-state index contributed by atoms with van der Waals surface area (Å²) in [5, 5.41) is 2.83. The predicted molar refractivity (Wildman–Crippen MR) is 87.6 cm³/mol. The van der Waals surface area contributed by atoms with Gasteiger partial charge in [0.15, 0.2) is 0 Å². The number of piperidine rings is 1. The number of esters is 1. The third-order valence-electron chi connectivity index (χ3n) is 4.10. The molecule has 0 aromatic rings. The average molecular weight is 312 g/mol. The second kappa shape index (κ2) is 9.70. The van der Waals surface area contributed by atoms with Gasteiger partial charge in [0, 0.05) is 13.1 Å². The molecule has 0 aromatic heterocycles. The summed E-state index contributed by atoms with van der Waals surface area (Å²) in [7, 11) is 0. The first kappa shape index (κ1) is 18.8. The fraction of sp³-hybridized carbons (Fsp3) is 0.882. The lowest BCUT2D eigenvalue weighted by Crippen LogP contribution is -2.44. The normalized spacial score (nSPS) is 16.7. The van der Waals surface area contributed by atoms with E-state index >= 15 is 0 Å². The first-order chi connectivity index (χ1) is 10.4. The largest absolute Gasteiger partial charge is 0.464 e. The first-order valence-electron chi connectivity index (χ1n) is 8.61. The monoisotopic (exact) mass is 312 g/mol. The maximum Gasteiger partial charge on any atom is 0.317 e. The molecule has 0 radical (unpaired) electrons. The molecule has 1 fully saturated rings. The second-order valence-corrected chi connectivity index (χ2v) is 6.93. The van der Waals surface area contributed by atoms with Crippen molar-refractivity contribution in [2.75, 3.05) is 26.2 Å². The van der Waals surface area contributed by atoms with Gasteiger partial charge in [-0.15, -0.1) is 0 Å². The Balaban J connectivity index is 2.24. The fourth-order valence-electron chi connectivity index (χ4n) is 2.77. The summed E-state index contributed by atoms with van der Waals surface area (Å²) in [5.74, 6) is 0.547. The van der Waals surface area contributed by atoms with Gasteiger partial charge in [0.1, 0.15) is 6.61 Å². The van der Waals surface area contributed by atoms with Gasteiger partial charge in [0.05, 0.1) is 12.5 Å². The smallest absolute Gasteiger partial charge is 0.317 e. The van der Waals surface area contributed by atoms with Crippen molar-refractivity contribution in [1.82, 2.24) is 10.2 Å². The van der Waals surface area contributed by atoms with Crippen LogP contribution in [0.5, 0.6) is 0 Å². The van der Waals surface area contributed by atoms with Gasteiger partial charge in [0.2, 0.25) is 0 Å². The lowest BCUT2D eigenvalue weighted by Gasteiger charge is -2.27. The number of nitrogens with one attached hydrogen (secondary N) is 1. The lowest BCUT2D eigenvalue weighted by atomic mass is 9.88. The van der Waals surface area contributed by atoms with Crippen LogP contribution in [0.1, 0.15) is 53.4 Å². The molecular weight excluding hydrogens is 280 g/mol. The van der Waals surface area contributed by atoms with Gasteiger partial charge in [-0.1, -0.05) is 27.7 Å². The minimum atomic E-state index is -0.143. The number of urea groups is 1. The van der Waals surface area contributed by atoms with Gasteiger partial charge >= 0.3 is 12.0 Å². The molecule has 1 atom stereocenters. The maximum atomic E-state index is 12.1. The van der Waals surface area contributed by atoms with Gasteiger partial charge < -0.3 is 15.0 Å². The molecule has 1 rings (SSSR count). The first-order valence-corrected chi connectivity index (χ1v) is 8.61. The standard InChI is InChI=1S/C17H32N2O3/c1-13(2)12-15(14(3)4)16(20)22-11-8-18-17(21)19-9-6-5-7-10-19/h13-15H,5-12H2,1-4H3,(H,18,21). The molecule has 1 aliphatic rings. The van der Waals surface area contributed by atoms with E-state index in [1.54, 1.807) is 0 Å². The SMILES string of the molecule is CC(C)CC(C(=O)OCCNC(=O)N1CCCCC1)C(C)C. The minimum absolute atomic E-state index is 0.0432. The number of nitrogens with zero attached hydrogens (tertiary/aromatic N) is 1. The van der Waals surface area contributed by atoms with E-state index in [0.29, 0.717) is 12.5 Å². The van der Waals surface area contributed by atoms with E-state index in [1.807, 2.05) is 18.7 Å². The number of carbonyl (C=O) groups is 2. The van der Waals surface area contributed by atoms with Crippen LogP contribution in [0.3, 0.4) is 0 Å². The van der Waals surface area contributed by atoms with E-state index in [0.717, 1.165) is 32.4 Å². The van der Waals surface area contributed by atoms with Gasteiger partial charge in [-0.25, -0.2) is 4.79 Å². The Morgan fingerprint density at radius 2 is 1.73 bits per heavy atom. The van der Waals surface area contributed by atoms with E-state index in [-0.39, 0.29) is 30.4 Å². The zero-order chi connectivity index (χ0) is 16.5. The van der Waals surface area contributed by atoms with Crippen LogP contribution in [-0.2, 0) is 9.53 Å². The van der Waals surface area contributed by atoms with Crippen LogP contribution in [0.15, 0.2) is 0 Å². The molecule has 1 unspecified atom stereocenters. The van der Waals surface area contributed by atoms with Gasteiger partial charge in [-0.2, -0.15) is 0 Å². The quantitative estimate of drug-likeness (QED) is 0.580. The molecule has 0 saturated carbocycles. The molecule has 128 valence electrons. The van der Waals surface area contributed by atoms with Crippen molar-refractivity contribution in [3.63, 3.8) is 0 Å². The van der Waals surface area contributed by atoms with Crippen LogP contribution in [0, 0.1) is 17.8 Å². The minimum Gasteiger partial charge on any atom is -0.464 e. The fourth-order valence-corrected chi connectivity index (χ4v) is 2.77. The number of ether oxygens (including phenoxy) is 1. The molecule has 2 amide bonds. The molecule has 0 aromatic carbocycles. The molecule has 0 aliphatic carbocycles. The molecule has 5 nitrogen and oxygen atoms in total. The van der Waals surface area contributed by atoms with Crippen molar-refractivity contribution in [3.8, 4) is 0 Å². The van der Waals surface area contributed by atoms with Crippen molar-refractivity contribution >= 4 is 12.0 Å². The summed E-state index contributed by atoms with van der Waals surface area (Å²) >= 11 is 0. The second-order valence-electron chi connectivity index (χ2n) is 6.93. The Hall–Kier alpha value is -1.26. The zero-order valence-corrected chi connectivity index (χ0v) is 14.6. The Bertz CT molecular complexity index is 350. The molecule has 1 N–H and O–H groups in total. The van der Waals surface area contributed by atoms with E-state index in [4.69, 9.17) is 4.74 Å². The number of carbonyl (C=O) groups excluding carboxylic acids is 2. The van der Waals surface area contributed by atoms with Crippen molar-refractivity contribution in [1.29, 1.82) is 0 Å². The van der Waals surface area contributed by atoms with E-state index in [2.05, 4.69) is 19.2 Å². The Morgan fingerprint density at radius 1 is 1.09 bits per heavy atom. The summed E-state index contributed by atoms with van der Waals surface area (Å²) in [5.41, 5.74) is 0. The van der Waals surface area contributed by atoms with Crippen LogP contribution in [-0.4, -0.2) is 43.1 Å². The zero-order valence-electron chi connectivity index (χ0n) is 14.6. The highest BCUT2D eigenvalue weighted by Crippen LogP contribution is 2.21. The van der Waals surface area contributed by atoms with Crippen molar-refractivity contribution < 1.29 is 14.3 Å². The van der Waals surface area contributed by atoms with E-state index < -0.39 is 0 Å². The molecule has 0 spiro atoms.